The summed E-state index contributed by atoms with van der Waals surface area (Å²) in [5.74, 6) is -0.187. The lowest BCUT2D eigenvalue weighted by molar-refractivity contribution is -0.274. The van der Waals surface area contributed by atoms with Gasteiger partial charge in [-0.15, -0.1) is 13.2 Å². The van der Waals surface area contributed by atoms with Gasteiger partial charge in [-0.05, 0) is 70.1 Å². The molecule has 1 aliphatic rings. The average Bonchev–Trinajstić information content (AvgIpc) is 3.33. The van der Waals surface area contributed by atoms with Crippen LogP contribution in [0.15, 0.2) is 95.7 Å². The standard InChI is InChI=1S/C29H26F3NOS/c1-28(17-22-14-15-35-20-22)18-27(23-10-7-11-24(16-23)34-29(30,31)32)33(19-21-8-3-2-4-9-21)26-13-6-5-12-25(26)28/h2-16,20,27H,17-19H2,1H3/t27-,28+/m0/s1. The van der Waals surface area contributed by atoms with Gasteiger partial charge in [0.25, 0.3) is 0 Å². The molecule has 2 heterocycles. The summed E-state index contributed by atoms with van der Waals surface area (Å²) in [6, 6.07) is 27.1. The number of benzene rings is 3. The number of nitrogens with zero attached hydrogens (tertiary/aromatic N) is 1. The maximum absolute atomic E-state index is 13.0. The van der Waals surface area contributed by atoms with Crippen molar-refractivity contribution in [2.45, 2.75) is 44.1 Å². The summed E-state index contributed by atoms with van der Waals surface area (Å²) in [4.78, 5) is 2.33. The number of rotatable bonds is 6. The van der Waals surface area contributed by atoms with Gasteiger partial charge in [-0.3, -0.25) is 0 Å². The van der Waals surface area contributed by atoms with Gasteiger partial charge in [0.15, 0.2) is 0 Å². The smallest absolute Gasteiger partial charge is 0.406 e. The van der Waals surface area contributed by atoms with Gasteiger partial charge in [-0.25, -0.2) is 0 Å². The molecule has 0 amide bonds. The maximum atomic E-state index is 13.0. The molecule has 1 aliphatic heterocycles. The molecular weight excluding hydrogens is 467 g/mol. The molecule has 0 unspecified atom stereocenters. The Morgan fingerprint density at radius 2 is 1.71 bits per heavy atom. The van der Waals surface area contributed by atoms with Crippen LogP contribution in [0.5, 0.6) is 5.75 Å². The Hall–Kier alpha value is -3.25. The third-order valence-corrected chi connectivity index (χ3v) is 7.46. The van der Waals surface area contributed by atoms with Crippen LogP contribution in [-0.4, -0.2) is 6.36 Å². The second-order valence-electron chi connectivity index (χ2n) is 9.34. The number of para-hydroxylation sites is 1. The molecule has 3 aromatic carbocycles. The molecule has 0 aliphatic carbocycles. The molecule has 2 nitrogen and oxygen atoms in total. The maximum Gasteiger partial charge on any atom is 0.573 e. The Kier molecular flexibility index (Phi) is 6.32. The topological polar surface area (TPSA) is 12.5 Å². The molecule has 5 rings (SSSR count). The molecule has 4 aromatic rings. The molecule has 0 fully saturated rings. The summed E-state index contributed by atoms with van der Waals surface area (Å²) in [5.41, 5.74) is 5.44. The summed E-state index contributed by atoms with van der Waals surface area (Å²) < 4.78 is 43.2. The van der Waals surface area contributed by atoms with Gasteiger partial charge in [-0.1, -0.05) is 67.6 Å². The number of hydrogen-bond acceptors (Lipinski definition) is 3. The normalized spacial score (nSPS) is 19.9. The Bertz CT molecular complexity index is 1270. The molecule has 2 atom stereocenters. The predicted octanol–water partition coefficient (Wildman–Crippen LogP) is 8.30. The lowest BCUT2D eigenvalue weighted by atomic mass is 9.68. The fraction of sp³-hybridized carbons (Fsp3) is 0.241. The lowest BCUT2D eigenvalue weighted by Gasteiger charge is -2.48. The third-order valence-electron chi connectivity index (χ3n) is 6.73. The first kappa shape index (κ1) is 23.5. The number of thiophene rings is 1. The summed E-state index contributed by atoms with van der Waals surface area (Å²) in [6.45, 7) is 2.92. The van der Waals surface area contributed by atoms with Crippen LogP contribution in [0.2, 0.25) is 0 Å². The van der Waals surface area contributed by atoms with Crippen molar-refractivity contribution >= 4 is 17.0 Å². The van der Waals surface area contributed by atoms with Crippen molar-refractivity contribution in [2.24, 2.45) is 0 Å². The number of halogens is 3. The first-order valence-corrected chi connectivity index (χ1v) is 12.5. The molecule has 0 spiro atoms. The van der Waals surface area contributed by atoms with Crippen LogP contribution in [0.1, 0.15) is 41.6 Å². The Morgan fingerprint density at radius 3 is 2.46 bits per heavy atom. The minimum atomic E-state index is -4.73. The molecule has 0 saturated heterocycles. The quantitative estimate of drug-likeness (QED) is 0.268. The van der Waals surface area contributed by atoms with Gasteiger partial charge < -0.3 is 9.64 Å². The zero-order valence-electron chi connectivity index (χ0n) is 19.3. The van der Waals surface area contributed by atoms with E-state index < -0.39 is 6.36 Å². The van der Waals surface area contributed by atoms with Crippen LogP contribution in [0.3, 0.4) is 0 Å². The monoisotopic (exact) mass is 493 g/mol. The van der Waals surface area contributed by atoms with Crippen LogP contribution < -0.4 is 9.64 Å². The van der Waals surface area contributed by atoms with Crippen LogP contribution >= 0.6 is 11.3 Å². The fourth-order valence-corrected chi connectivity index (χ4v) is 5.92. The van der Waals surface area contributed by atoms with E-state index in [1.54, 1.807) is 17.4 Å². The fourth-order valence-electron chi connectivity index (χ4n) is 5.25. The number of fused-ring (bicyclic) bond motifs is 1. The van der Waals surface area contributed by atoms with E-state index in [1.807, 2.05) is 30.3 Å². The summed E-state index contributed by atoms with van der Waals surface area (Å²) in [7, 11) is 0. The van der Waals surface area contributed by atoms with Crippen molar-refractivity contribution in [2.75, 3.05) is 4.90 Å². The van der Waals surface area contributed by atoms with Gasteiger partial charge in [0.05, 0.1) is 6.04 Å². The summed E-state index contributed by atoms with van der Waals surface area (Å²) in [6.07, 6.45) is -3.10. The van der Waals surface area contributed by atoms with Crippen LogP contribution in [-0.2, 0) is 18.4 Å². The second-order valence-corrected chi connectivity index (χ2v) is 10.1. The van der Waals surface area contributed by atoms with E-state index in [1.165, 1.54) is 23.3 Å². The molecule has 0 radical (unpaired) electrons. The van der Waals surface area contributed by atoms with Crippen LogP contribution in [0.4, 0.5) is 18.9 Å². The first-order valence-electron chi connectivity index (χ1n) is 11.6. The van der Waals surface area contributed by atoms with E-state index >= 15 is 0 Å². The Balaban J connectivity index is 1.61. The Labute approximate surface area is 207 Å². The van der Waals surface area contributed by atoms with Crippen molar-refractivity contribution in [3.05, 3.63) is 118 Å². The van der Waals surface area contributed by atoms with Gasteiger partial charge in [0.1, 0.15) is 5.75 Å². The lowest BCUT2D eigenvalue weighted by Crippen LogP contribution is -2.42. The highest BCUT2D eigenvalue weighted by atomic mass is 32.1. The molecule has 35 heavy (non-hydrogen) atoms. The highest BCUT2D eigenvalue weighted by Gasteiger charge is 2.41. The molecular formula is C29H26F3NOS. The van der Waals surface area contributed by atoms with E-state index in [0.29, 0.717) is 6.54 Å². The van der Waals surface area contributed by atoms with Crippen molar-refractivity contribution in [3.63, 3.8) is 0 Å². The van der Waals surface area contributed by atoms with Gasteiger partial charge in [0.2, 0.25) is 0 Å². The van der Waals surface area contributed by atoms with Gasteiger partial charge >= 0.3 is 6.36 Å². The number of alkyl halides is 3. The second kappa shape index (κ2) is 9.42. The minimum Gasteiger partial charge on any atom is -0.406 e. The van der Waals surface area contributed by atoms with E-state index in [9.17, 15) is 13.2 Å². The highest BCUT2D eigenvalue weighted by Crippen LogP contribution is 2.50. The number of ether oxygens (including phenoxy) is 1. The number of anilines is 1. The Morgan fingerprint density at radius 1 is 0.943 bits per heavy atom. The van der Waals surface area contributed by atoms with Gasteiger partial charge in [-0.2, -0.15) is 11.3 Å². The zero-order chi connectivity index (χ0) is 24.5. The third kappa shape index (κ3) is 5.22. The van der Waals surface area contributed by atoms with E-state index in [4.69, 9.17) is 0 Å². The zero-order valence-corrected chi connectivity index (χ0v) is 20.2. The molecule has 1 aromatic heterocycles. The summed E-state index contributed by atoms with van der Waals surface area (Å²) >= 11 is 1.68. The predicted molar refractivity (Wildman–Crippen MR) is 135 cm³/mol. The average molecular weight is 494 g/mol. The van der Waals surface area contributed by atoms with Crippen molar-refractivity contribution in [3.8, 4) is 5.75 Å². The number of hydrogen-bond donors (Lipinski definition) is 0. The molecule has 180 valence electrons. The minimum absolute atomic E-state index is 0.120. The van der Waals surface area contributed by atoms with Crippen LogP contribution in [0.25, 0.3) is 0 Å². The van der Waals surface area contributed by atoms with E-state index in [-0.39, 0.29) is 17.2 Å². The first-order chi connectivity index (χ1) is 16.8. The SMILES string of the molecule is C[C@@]1(Cc2ccsc2)C[C@@H](c2cccc(OC(F)(F)F)c2)N(Cc2ccccc2)c2ccccc21. The molecule has 6 heteroatoms. The molecule has 0 bridgehead atoms. The molecule has 0 saturated carbocycles. The highest BCUT2D eigenvalue weighted by molar-refractivity contribution is 7.07. The summed E-state index contributed by atoms with van der Waals surface area (Å²) in [5, 5.41) is 4.27. The largest absolute Gasteiger partial charge is 0.573 e. The van der Waals surface area contributed by atoms with E-state index in [2.05, 4.69) is 63.7 Å². The van der Waals surface area contributed by atoms with Crippen molar-refractivity contribution in [1.29, 1.82) is 0 Å². The van der Waals surface area contributed by atoms with Crippen molar-refractivity contribution in [1.82, 2.24) is 0 Å². The molecule has 0 N–H and O–H groups in total. The van der Waals surface area contributed by atoms with Gasteiger partial charge in [0, 0.05) is 17.6 Å². The van der Waals surface area contributed by atoms with Crippen molar-refractivity contribution < 1.29 is 17.9 Å². The van der Waals surface area contributed by atoms with Crippen LogP contribution in [0, 0.1) is 0 Å². The van der Waals surface area contributed by atoms with E-state index in [0.717, 1.165) is 29.7 Å².